The van der Waals surface area contributed by atoms with E-state index in [0.717, 1.165) is 36.8 Å². The van der Waals surface area contributed by atoms with Crippen LogP contribution in [0.2, 0.25) is 0 Å². The van der Waals surface area contributed by atoms with Gasteiger partial charge >= 0.3 is 18.2 Å². The summed E-state index contributed by atoms with van der Waals surface area (Å²) in [7, 11) is 1.61. The SMILES string of the molecule is COc1ccc2c3c1O[C@H]1C(OC(=O)N4CCC(C(=O)NCCCC[C@H](NC(=O)OCc5ccccc5)C(=O)NCCOc5ccc(C(=O)Oc6ccc(NC(=N)N)cc6)cc5)CC4CNC(=O)[C@@H](CCCNC(=N)N)NC(=O)CNC(C)=O)=CC[C@H]4[C@H](CCC[C@]314)C2. The van der Waals surface area contributed by atoms with Gasteiger partial charge in [0.05, 0.1) is 31.8 Å². The minimum Gasteiger partial charge on any atom is -0.493 e. The highest BCUT2D eigenvalue weighted by Crippen LogP contribution is 2.66. The van der Waals surface area contributed by atoms with E-state index in [1.807, 2.05) is 30.3 Å². The Bertz CT molecular complexity index is 3410. The Hall–Kier alpha value is -10.1. The molecule has 1 saturated heterocycles. The van der Waals surface area contributed by atoms with Crippen LogP contribution in [0, 0.1) is 28.6 Å². The summed E-state index contributed by atoms with van der Waals surface area (Å²) in [6.07, 6.45) is 6.36. The van der Waals surface area contributed by atoms with Gasteiger partial charge in [0.15, 0.2) is 29.5 Å². The maximum atomic E-state index is 14.8. The third kappa shape index (κ3) is 17.5. The summed E-state index contributed by atoms with van der Waals surface area (Å²) in [5.74, 6) is -0.931. The number of benzene rings is 4. The van der Waals surface area contributed by atoms with Gasteiger partial charge < -0.3 is 87.3 Å². The van der Waals surface area contributed by atoms with Crippen LogP contribution in [0.4, 0.5) is 15.3 Å². The Morgan fingerprint density at radius 2 is 1.49 bits per heavy atom. The number of carbonyl (C=O) groups is 8. The summed E-state index contributed by atoms with van der Waals surface area (Å²) >= 11 is 0. The first-order chi connectivity index (χ1) is 44.9. The van der Waals surface area contributed by atoms with Crippen LogP contribution in [0.5, 0.6) is 23.0 Å². The van der Waals surface area contributed by atoms with Crippen molar-refractivity contribution in [2.75, 3.05) is 58.3 Å². The highest BCUT2D eigenvalue weighted by atomic mass is 16.6. The van der Waals surface area contributed by atoms with Crippen LogP contribution in [0.1, 0.15) is 105 Å². The topological polar surface area (TPSA) is 391 Å². The molecule has 496 valence electrons. The molecule has 2 aliphatic heterocycles. The van der Waals surface area contributed by atoms with E-state index >= 15 is 0 Å². The number of amides is 7. The fraction of sp³-hybridized carbons (Fsp3) is 0.455. The first-order valence-corrected chi connectivity index (χ1v) is 31.5. The molecule has 8 atom stereocenters. The van der Waals surface area contributed by atoms with Crippen molar-refractivity contribution in [1.29, 1.82) is 10.8 Å². The molecule has 27 nitrogen and oxygen atoms in total. The molecular weight excluding hydrogens is 1200 g/mol. The van der Waals surface area contributed by atoms with Crippen molar-refractivity contribution >= 4 is 65.3 Å². The molecule has 3 aliphatic carbocycles. The van der Waals surface area contributed by atoms with Crippen LogP contribution in [0.25, 0.3) is 0 Å². The molecule has 2 unspecified atom stereocenters. The van der Waals surface area contributed by atoms with E-state index in [9.17, 15) is 38.4 Å². The molecule has 1 spiro atoms. The zero-order valence-electron chi connectivity index (χ0n) is 52.2. The zero-order chi connectivity index (χ0) is 66.0. The Morgan fingerprint density at radius 3 is 2.24 bits per heavy atom. The van der Waals surface area contributed by atoms with E-state index in [1.54, 1.807) is 55.6 Å². The Labute approximate surface area is 538 Å². The largest absolute Gasteiger partial charge is 0.493 e. The second kappa shape index (κ2) is 31.8. The van der Waals surface area contributed by atoms with Crippen LogP contribution in [-0.4, -0.2) is 142 Å². The lowest BCUT2D eigenvalue weighted by atomic mass is 9.49. The number of nitrogens with two attached hydrogens (primary N) is 2. The first kappa shape index (κ1) is 67.3. The molecule has 93 heavy (non-hydrogen) atoms. The normalized spacial score (nSPS) is 20.2. The predicted octanol–water partition coefficient (Wildman–Crippen LogP) is 4.47. The highest BCUT2D eigenvalue weighted by molar-refractivity contribution is 5.92. The maximum absolute atomic E-state index is 14.8. The van der Waals surface area contributed by atoms with Gasteiger partial charge in [0.25, 0.3) is 0 Å². The maximum Gasteiger partial charge on any atom is 0.415 e. The van der Waals surface area contributed by atoms with E-state index in [-0.39, 0.29) is 107 Å². The second-order valence-electron chi connectivity index (χ2n) is 23.8. The molecule has 2 bridgehead atoms. The van der Waals surface area contributed by atoms with Crippen LogP contribution in [0.15, 0.2) is 103 Å². The molecule has 2 fully saturated rings. The summed E-state index contributed by atoms with van der Waals surface area (Å²) in [6, 6.07) is 22.9. The standard InChI is InChI=1S/C66H83N13O14/c1-39(80)74-37-54(81)77-50(14-9-30-73-62(67)68)60(84)75-36-46-35-44(27-32-79(46)65(87)92-53-26-24-49-42-12-8-28-66(49)55-43(34-42)17-25-52(88-2)56(55)93-57(53)66)58(82)71-29-7-6-13-51(78-64(86)90-38-40-10-4-3-5-11-40)59(83)72-31-33-89-47-20-15-41(16-21-47)61(85)91-48-22-18-45(19-23-48)76-63(69)70/h3-5,10-11,15-23,25-26,42,44,46,49-51,57H,6-9,12-14,24,27-38H2,1-2H3,(H,71,82)(H,72,83)(H,74,80)(H,75,84)(H,77,81)(H,78,86)(H4,67,68,73)(H4,69,70,76)/t42-,44?,46?,49+,50-,51+,57+,66+/m1/s1. The number of likely N-dealkylation sites (tertiary alicyclic amines) is 1. The number of esters is 1. The van der Waals surface area contributed by atoms with E-state index in [2.05, 4.69) is 48.6 Å². The number of allylic oxidation sites excluding steroid dienone is 1. The molecule has 5 aliphatic rings. The number of hydrogen-bond acceptors (Lipinski definition) is 16. The van der Waals surface area contributed by atoms with Gasteiger partial charge in [-0.15, -0.1) is 0 Å². The zero-order valence-corrected chi connectivity index (χ0v) is 52.2. The third-order valence-electron chi connectivity index (χ3n) is 17.6. The smallest absolute Gasteiger partial charge is 0.415 e. The summed E-state index contributed by atoms with van der Waals surface area (Å²) in [5, 5.41) is 36.8. The van der Waals surface area contributed by atoms with E-state index in [4.69, 9.17) is 50.7 Å². The minimum atomic E-state index is -1.08. The summed E-state index contributed by atoms with van der Waals surface area (Å²) < 4.78 is 35.8. The quantitative estimate of drug-likeness (QED) is 0.0117. The molecule has 2 heterocycles. The molecule has 0 radical (unpaired) electrons. The molecule has 4 aromatic rings. The number of nitrogens with one attached hydrogen (secondary N) is 10. The van der Waals surface area contributed by atoms with Gasteiger partial charge in [-0.3, -0.25) is 34.8 Å². The molecule has 7 amide bonds. The number of carbonyl (C=O) groups excluding carboxylic acids is 8. The molecule has 4 aromatic carbocycles. The number of rotatable bonds is 29. The lowest BCUT2D eigenvalue weighted by Crippen LogP contribution is -2.57. The molecule has 1 saturated carbocycles. The number of ether oxygens (including phenoxy) is 6. The average molecular weight is 1280 g/mol. The van der Waals surface area contributed by atoms with Crippen molar-refractivity contribution < 1.29 is 66.8 Å². The number of nitrogens with zero attached hydrogens (tertiary/aromatic N) is 1. The number of alkyl carbamates (subject to hydrolysis) is 1. The summed E-state index contributed by atoms with van der Waals surface area (Å²) in [5.41, 5.74) is 14.4. The molecule has 9 rings (SSSR count). The van der Waals surface area contributed by atoms with Gasteiger partial charge in [-0.1, -0.05) is 42.8 Å². The Morgan fingerprint density at radius 1 is 0.763 bits per heavy atom. The van der Waals surface area contributed by atoms with E-state index < -0.39 is 77.3 Å². The van der Waals surface area contributed by atoms with Crippen molar-refractivity contribution in [2.24, 2.45) is 29.2 Å². The molecule has 27 heteroatoms. The lowest BCUT2D eigenvalue weighted by molar-refractivity contribution is -0.130. The first-order valence-electron chi connectivity index (χ1n) is 31.5. The predicted molar refractivity (Wildman–Crippen MR) is 341 cm³/mol. The van der Waals surface area contributed by atoms with Crippen LogP contribution in [-0.2, 0) is 51.9 Å². The van der Waals surface area contributed by atoms with Gasteiger partial charge in [0.2, 0.25) is 29.5 Å². The van der Waals surface area contributed by atoms with Crippen molar-refractivity contribution in [2.45, 2.75) is 120 Å². The lowest BCUT2D eigenvalue weighted by Gasteiger charge is -2.53. The molecule has 0 aromatic heterocycles. The third-order valence-corrected chi connectivity index (χ3v) is 17.6. The minimum absolute atomic E-state index is 0.0283. The van der Waals surface area contributed by atoms with Crippen LogP contribution < -0.4 is 72.9 Å². The van der Waals surface area contributed by atoms with Crippen molar-refractivity contribution in [3.63, 3.8) is 0 Å². The van der Waals surface area contributed by atoms with Gasteiger partial charge in [0.1, 0.15) is 42.6 Å². The van der Waals surface area contributed by atoms with Crippen molar-refractivity contribution in [3.05, 3.63) is 125 Å². The van der Waals surface area contributed by atoms with Gasteiger partial charge in [-0.05, 0) is 154 Å². The number of unbranched alkanes of at least 4 members (excludes halogenated alkanes) is 1. The van der Waals surface area contributed by atoms with Crippen molar-refractivity contribution in [1.82, 2.24) is 42.1 Å². The molecular formula is C66H83N13O14. The average Bonchev–Trinajstić information content (AvgIpc) is 1.57. The van der Waals surface area contributed by atoms with E-state index in [0.29, 0.717) is 66.2 Å². The molecule has 14 N–H and O–H groups in total. The van der Waals surface area contributed by atoms with Gasteiger partial charge in [-0.2, -0.15) is 0 Å². The summed E-state index contributed by atoms with van der Waals surface area (Å²) in [6.45, 7) is 1.38. The van der Waals surface area contributed by atoms with Crippen molar-refractivity contribution in [3.8, 4) is 23.0 Å². The highest BCUT2D eigenvalue weighted by Gasteiger charge is 2.64. The van der Waals surface area contributed by atoms with E-state index in [1.165, 1.54) is 29.5 Å². The summed E-state index contributed by atoms with van der Waals surface area (Å²) in [4.78, 5) is 109. The fourth-order valence-corrected chi connectivity index (χ4v) is 13.3. The van der Waals surface area contributed by atoms with Gasteiger partial charge in [-0.25, -0.2) is 14.4 Å². The van der Waals surface area contributed by atoms with Crippen LogP contribution in [0.3, 0.4) is 0 Å². The van der Waals surface area contributed by atoms with Gasteiger partial charge in [0, 0.05) is 55.7 Å². The monoisotopic (exact) mass is 1280 g/mol. The fourth-order valence-electron chi connectivity index (χ4n) is 13.3. The Balaban J connectivity index is 0.809. The number of hydrogen-bond donors (Lipinski definition) is 12. The number of anilines is 1. The Kier molecular flexibility index (Phi) is 23.0. The number of guanidine groups is 2. The number of piperidine rings is 1. The van der Waals surface area contributed by atoms with Crippen LogP contribution >= 0.6 is 0 Å². The second-order valence-corrected chi connectivity index (χ2v) is 23.8. The number of methoxy groups -OCH3 is 1.